The number of hydrogen-bond donors (Lipinski definition) is 1. The van der Waals surface area contributed by atoms with Crippen molar-refractivity contribution in [2.75, 3.05) is 11.5 Å². The van der Waals surface area contributed by atoms with Crippen molar-refractivity contribution in [1.82, 2.24) is 0 Å². The first-order chi connectivity index (χ1) is 7.58. The minimum atomic E-state index is -3.05. The average molecular weight is 275 g/mol. The molecule has 2 atom stereocenters. The van der Waals surface area contributed by atoms with E-state index in [4.69, 9.17) is 5.73 Å². The molecule has 1 aliphatic rings. The molecule has 0 bridgehead atoms. The third-order valence-electron chi connectivity index (χ3n) is 3.38. The summed E-state index contributed by atoms with van der Waals surface area (Å²) in [4.78, 5) is 0. The second-order valence-electron chi connectivity index (χ2n) is 6.07. The standard InChI is InChI=1S/C11H22BNO2S2/c1-5-16-12-9-6-17(14,15)8-11(4,13)7-10(9,2)3/h5,9,12H,1,6-8,13H2,2-4H3. The van der Waals surface area contributed by atoms with Gasteiger partial charge < -0.3 is 5.73 Å². The zero-order valence-electron chi connectivity index (χ0n) is 10.9. The Balaban J connectivity index is 3.00. The average Bonchev–Trinajstić information content (AvgIpc) is 2.12. The highest BCUT2D eigenvalue weighted by atomic mass is 32.2. The molecule has 98 valence electrons. The Morgan fingerprint density at radius 1 is 1.47 bits per heavy atom. The molecule has 0 aliphatic carbocycles. The summed E-state index contributed by atoms with van der Waals surface area (Å²) in [5, 5.41) is 1.77. The molecule has 1 heterocycles. The monoisotopic (exact) mass is 275 g/mol. The maximum Gasteiger partial charge on any atom is 0.202 e. The lowest BCUT2D eigenvalue weighted by atomic mass is 9.63. The quantitative estimate of drug-likeness (QED) is 0.794. The lowest BCUT2D eigenvalue weighted by molar-refractivity contribution is 0.262. The van der Waals surface area contributed by atoms with Crippen LogP contribution in [0.1, 0.15) is 27.2 Å². The van der Waals surface area contributed by atoms with Crippen molar-refractivity contribution < 1.29 is 8.42 Å². The largest absolute Gasteiger partial charge is 0.324 e. The maximum absolute atomic E-state index is 12.0. The predicted octanol–water partition coefficient (Wildman–Crippen LogP) is 1.57. The van der Waals surface area contributed by atoms with Crippen LogP contribution < -0.4 is 5.73 Å². The number of hydrogen-bond acceptors (Lipinski definition) is 4. The molecular formula is C11H22BNO2S2. The minimum absolute atomic E-state index is 0.0525. The van der Waals surface area contributed by atoms with Gasteiger partial charge in [-0.2, -0.15) is 11.6 Å². The van der Waals surface area contributed by atoms with Gasteiger partial charge in [-0.15, -0.1) is 0 Å². The molecule has 0 aromatic heterocycles. The number of sulfone groups is 1. The van der Waals surface area contributed by atoms with Gasteiger partial charge in [0.1, 0.15) is 0 Å². The Morgan fingerprint density at radius 2 is 2.06 bits per heavy atom. The normalized spacial score (nSPS) is 35.9. The van der Waals surface area contributed by atoms with Gasteiger partial charge in [0.25, 0.3) is 0 Å². The van der Waals surface area contributed by atoms with E-state index < -0.39 is 15.4 Å². The maximum atomic E-state index is 12.0. The Hall–Kier alpha value is 0.0649. The van der Waals surface area contributed by atoms with Crippen molar-refractivity contribution in [3.63, 3.8) is 0 Å². The van der Waals surface area contributed by atoms with Gasteiger partial charge >= 0.3 is 0 Å². The molecule has 2 unspecified atom stereocenters. The van der Waals surface area contributed by atoms with Crippen LogP contribution in [0, 0.1) is 5.41 Å². The van der Waals surface area contributed by atoms with Crippen molar-refractivity contribution >= 4 is 28.0 Å². The molecule has 1 fully saturated rings. The number of nitrogens with two attached hydrogens (primary N) is 1. The molecule has 2 N–H and O–H groups in total. The van der Waals surface area contributed by atoms with Crippen LogP contribution in [0.25, 0.3) is 0 Å². The molecule has 1 aliphatic heterocycles. The second-order valence-corrected chi connectivity index (χ2v) is 9.18. The summed E-state index contributed by atoms with van der Waals surface area (Å²) in [6.45, 7) is 10.5. The molecule has 17 heavy (non-hydrogen) atoms. The second kappa shape index (κ2) is 4.98. The van der Waals surface area contributed by atoms with Gasteiger partial charge in [-0.3, -0.25) is 0 Å². The van der Waals surface area contributed by atoms with Gasteiger partial charge in [0.05, 0.1) is 5.75 Å². The Kier molecular flexibility index (Phi) is 4.43. The predicted molar refractivity (Wildman–Crippen MR) is 78.3 cm³/mol. The fourth-order valence-corrected chi connectivity index (χ4v) is 6.28. The molecule has 0 aromatic rings. The molecule has 6 heteroatoms. The Bertz CT molecular complexity index is 390. The smallest absolute Gasteiger partial charge is 0.202 e. The summed E-state index contributed by atoms with van der Waals surface area (Å²) < 4.78 is 24.1. The SMILES string of the molecule is C=CSBC1CS(=O)(=O)CC(C)(N)CC1(C)C. The summed E-state index contributed by atoms with van der Waals surface area (Å²) in [5.41, 5.74) is 5.45. The molecule has 0 amide bonds. The van der Waals surface area contributed by atoms with Crippen LogP contribution in [-0.4, -0.2) is 32.0 Å². The van der Waals surface area contributed by atoms with E-state index in [1.165, 1.54) is 0 Å². The van der Waals surface area contributed by atoms with Gasteiger partial charge in [-0.1, -0.05) is 20.4 Å². The van der Waals surface area contributed by atoms with Crippen LogP contribution in [0.3, 0.4) is 0 Å². The lowest BCUT2D eigenvalue weighted by Crippen LogP contribution is -2.44. The molecule has 1 saturated heterocycles. The molecule has 0 aromatic carbocycles. The van der Waals surface area contributed by atoms with E-state index in [0.29, 0.717) is 0 Å². The van der Waals surface area contributed by atoms with E-state index in [9.17, 15) is 8.42 Å². The highest BCUT2D eigenvalue weighted by molar-refractivity contribution is 8.24. The first kappa shape index (κ1) is 15.1. The Morgan fingerprint density at radius 3 is 2.59 bits per heavy atom. The topological polar surface area (TPSA) is 60.2 Å². The summed E-state index contributed by atoms with van der Waals surface area (Å²) in [7, 11) is -3.05. The van der Waals surface area contributed by atoms with Gasteiger partial charge in [-0.05, 0) is 30.0 Å². The van der Waals surface area contributed by atoms with E-state index in [-0.39, 0.29) is 22.7 Å². The highest BCUT2D eigenvalue weighted by Crippen LogP contribution is 2.43. The lowest BCUT2D eigenvalue weighted by Gasteiger charge is -2.35. The first-order valence-corrected chi connectivity index (χ1v) is 8.67. The van der Waals surface area contributed by atoms with Crippen LogP contribution in [-0.2, 0) is 9.84 Å². The first-order valence-electron chi connectivity index (χ1n) is 5.80. The van der Waals surface area contributed by atoms with Crippen molar-refractivity contribution in [2.24, 2.45) is 11.1 Å². The van der Waals surface area contributed by atoms with E-state index in [2.05, 4.69) is 20.4 Å². The highest BCUT2D eigenvalue weighted by Gasteiger charge is 2.43. The molecular weight excluding hydrogens is 253 g/mol. The van der Waals surface area contributed by atoms with Crippen LogP contribution in [0.2, 0.25) is 5.82 Å². The third kappa shape index (κ3) is 4.34. The summed E-state index contributed by atoms with van der Waals surface area (Å²) in [6.07, 6.45) is 0.738. The summed E-state index contributed by atoms with van der Waals surface area (Å²) in [6, 6.07) is 0. The number of rotatable bonds is 3. The molecule has 0 spiro atoms. The van der Waals surface area contributed by atoms with Gasteiger partial charge in [0.15, 0.2) is 9.84 Å². The summed E-state index contributed by atoms with van der Waals surface area (Å²) >= 11 is 1.59. The third-order valence-corrected chi connectivity index (χ3v) is 6.22. The fraction of sp³-hybridized carbons (Fsp3) is 0.818. The van der Waals surface area contributed by atoms with Crippen molar-refractivity contribution in [3.05, 3.63) is 12.0 Å². The molecule has 1 rings (SSSR count). The van der Waals surface area contributed by atoms with Crippen molar-refractivity contribution in [3.8, 4) is 0 Å². The van der Waals surface area contributed by atoms with Crippen molar-refractivity contribution in [1.29, 1.82) is 0 Å². The summed E-state index contributed by atoms with van der Waals surface area (Å²) in [5.74, 6) is 0.479. The van der Waals surface area contributed by atoms with E-state index in [1.54, 1.807) is 17.0 Å². The minimum Gasteiger partial charge on any atom is -0.324 e. The van der Waals surface area contributed by atoms with E-state index in [0.717, 1.165) is 13.0 Å². The van der Waals surface area contributed by atoms with Crippen molar-refractivity contribution in [2.45, 2.75) is 38.5 Å². The zero-order chi connectivity index (χ0) is 13.3. The molecule has 3 nitrogen and oxygen atoms in total. The van der Waals surface area contributed by atoms with Gasteiger partial charge in [0, 0.05) is 11.3 Å². The van der Waals surface area contributed by atoms with Crippen LogP contribution in [0.5, 0.6) is 0 Å². The molecule has 0 saturated carbocycles. The van der Waals surface area contributed by atoms with Crippen LogP contribution >= 0.6 is 11.6 Å². The van der Waals surface area contributed by atoms with E-state index in [1.807, 2.05) is 6.92 Å². The van der Waals surface area contributed by atoms with Gasteiger partial charge in [-0.25, -0.2) is 8.42 Å². The van der Waals surface area contributed by atoms with E-state index >= 15 is 0 Å². The van der Waals surface area contributed by atoms with Crippen LogP contribution in [0.15, 0.2) is 12.0 Å². The van der Waals surface area contributed by atoms with Crippen LogP contribution in [0.4, 0.5) is 0 Å². The van der Waals surface area contributed by atoms with Gasteiger partial charge in [0.2, 0.25) is 6.56 Å². The Labute approximate surface area is 110 Å². The molecule has 0 radical (unpaired) electrons. The fourth-order valence-electron chi connectivity index (χ4n) is 2.79. The zero-order valence-corrected chi connectivity index (χ0v) is 12.5.